The van der Waals surface area contributed by atoms with E-state index in [0.717, 1.165) is 0 Å². The van der Waals surface area contributed by atoms with E-state index in [1.807, 2.05) is 0 Å². The van der Waals surface area contributed by atoms with Crippen molar-refractivity contribution < 1.29 is 34.2 Å². The lowest BCUT2D eigenvalue weighted by Crippen LogP contribution is -2.27. The average molecular weight is 399 g/mol. The lowest BCUT2D eigenvalue weighted by molar-refractivity contribution is -0.138. The van der Waals surface area contributed by atoms with E-state index in [-0.39, 0.29) is 36.3 Å². The smallest absolute Gasteiger partial charge is 0.362 e. The van der Waals surface area contributed by atoms with Crippen molar-refractivity contribution in [3.05, 3.63) is 71.3 Å². The highest BCUT2D eigenvalue weighted by atomic mass is 16.7. The Kier molecular flexibility index (Phi) is 7.90. The van der Waals surface area contributed by atoms with Gasteiger partial charge in [0.05, 0.1) is 11.1 Å². The number of carboxylic acids is 2. The minimum absolute atomic E-state index is 0.0430. The van der Waals surface area contributed by atoms with Crippen LogP contribution in [0.1, 0.15) is 45.5 Å². The number of aliphatic carboxylic acids is 1. The van der Waals surface area contributed by atoms with E-state index < -0.39 is 23.8 Å². The molecule has 1 atom stereocenters. The fourth-order valence-electron chi connectivity index (χ4n) is 2.81. The fraction of sp³-hybridized carbons (Fsp3) is 0.238. The van der Waals surface area contributed by atoms with Gasteiger partial charge in [-0.1, -0.05) is 30.3 Å². The summed E-state index contributed by atoms with van der Waals surface area (Å²) in [6.07, 6.45) is 0.329. The average Bonchev–Trinajstić information content (AvgIpc) is 2.70. The molecule has 152 valence electrons. The maximum atomic E-state index is 12.0. The molecule has 0 heterocycles. The molecule has 1 amide bonds. The molecule has 0 spiro atoms. The molecule has 8 nitrogen and oxygen atoms in total. The van der Waals surface area contributed by atoms with Gasteiger partial charge in [-0.3, -0.25) is 9.59 Å². The molecule has 29 heavy (non-hydrogen) atoms. The fourth-order valence-corrected chi connectivity index (χ4v) is 2.81. The Hall–Kier alpha value is -3.68. The molecule has 1 unspecified atom stereocenters. The van der Waals surface area contributed by atoms with Crippen molar-refractivity contribution in [3.8, 4) is 0 Å². The predicted octanol–water partition coefficient (Wildman–Crippen LogP) is 2.69. The molecule has 0 aliphatic carbocycles. The highest BCUT2D eigenvalue weighted by molar-refractivity contribution is 5.90. The van der Waals surface area contributed by atoms with Crippen molar-refractivity contribution in [1.29, 1.82) is 0 Å². The quantitative estimate of drug-likeness (QED) is 0.553. The summed E-state index contributed by atoms with van der Waals surface area (Å²) in [7, 11) is 0. The molecule has 0 radical (unpaired) electrons. The molecule has 0 saturated heterocycles. The Balaban J connectivity index is 1.88. The third-order valence-electron chi connectivity index (χ3n) is 4.21. The molecule has 0 saturated carbocycles. The molecule has 0 aromatic heterocycles. The van der Waals surface area contributed by atoms with Gasteiger partial charge < -0.3 is 15.1 Å². The second kappa shape index (κ2) is 10.6. The summed E-state index contributed by atoms with van der Waals surface area (Å²) in [4.78, 5) is 50.7. The number of aromatic carboxylic acids is 1. The summed E-state index contributed by atoms with van der Waals surface area (Å²) >= 11 is 0. The van der Waals surface area contributed by atoms with Crippen molar-refractivity contribution in [2.75, 3.05) is 0 Å². The molecule has 2 aromatic rings. The number of carboxylic acid groups (broad SMARTS) is 2. The number of amides is 1. The van der Waals surface area contributed by atoms with Crippen molar-refractivity contribution in [3.63, 3.8) is 0 Å². The molecule has 0 aliphatic heterocycles. The molecular formula is C21H21NO7. The van der Waals surface area contributed by atoms with Gasteiger partial charge in [-0.15, -0.1) is 0 Å². The predicted molar refractivity (Wildman–Crippen MR) is 102 cm³/mol. The van der Waals surface area contributed by atoms with Gasteiger partial charge in [-0.25, -0.2) is 9.59 Å². The Morgan fingerprint density at radius 3 is 2.28 bits per heavy atom. The van der Waals surface area contributed by atoms with Gasteiger partial charge in [0.1, 0.15) is 0 Å². The van der Waals surface area contributed by atoms with E-state index in [4.69, 9.17) is 15.1 Å². The highest BCUT2D eigenvalue weighted by Gasteiger charge is 2.17. The number of nitrogens with one attached hydrogen (secondary N) is 1. The van der Waals surface area contributed by atoms with Crippen LogP contribution < -0.4 is 5.48 Å². The van der Waals surface area contributed by atoms with Gasteiger partial charge in [-0.2, -0.15) is 5.48 Å². The zero-order chi connectivity index (χ0) is 21.2. The number of benzene rings is 2. The molecule has 3 N–H and O–H groups in total. The van der Waals surface area contributed by atoms with Crippen LogP contribution in [-0.4, -0.2) is 34.0 Å². The third kappa shape index (κ3) is 7.45. The minimum atomic E-state index is -1.07. The zero-order valence-corrected chi connectivity index (χ0v) is 15.5. The number of hydrogen-bond donors (Lipinski definition) is 3. The summed E-state index contributed by atoms with van der Waals surface area (Å²) in [6.45, 7) is 0. The van der Waals surface area contributed by atoms with E-state index in [9.17, 15) is 19.2 Å². The molecular weight excluding hydrogens is 378 g/mol. The van der Waals surface area contributed by atoms with Crippen LogP contribution in [0.3, 0.4) is 0 Å². The van der Waals surface area contributed by atoms with E-state index >= 15 is 0 Å². The summed E-state index contributed by atoms with van der Waals surface area (Å²) in [6, 6.07) is 14.4. The zero-order valence-electron chi connectivity index (χ0n) is 15.5. The lowest BCUT2D eigenvalue weighted by Gasteiger charge is -2.15. The van der Waals surface area contributed by atoms with Crippen LogP contribution in [-0.2, 0) is 20.8 Å². The topological polar surface area (TPSA) is 130 Å². The van der Waals surface area contributed by atoms with Gasteiger partial charge >= 0.3 is 17.9 Å². The molecule has 2 aromatic carbocycles. The molecule has 8 heteroatoms. The van der Waals surface area contributed by atoms with Gasteiger partial charge in [0.2, 0.25) is 0 Å². The standard InChI is InChI=1S/C21H21NO7/c23-18(22-29-21(28)16-6-2-1-3-7-16)10-9-15(13-19(24)25)11-14-5-4-8-17(12-14)20(26)27/h1-8,12,15H,9-11,13H2,(H,22,23)(H,24,25)(H,26,27). The Morgan fingerprint density at radius 1 is 0.931 bits per heavy atom. The van der Waals surface area contributed by atoms with Gasteiger partial charge in [0.15, 0.2) is 0 Å². The van der Waals surface area contributed by atoms with Crippen LogP contribution in [0.25, 0.3) is 0 Å². The number of hydroxylamine groups is 1. The first kappa shape index (κ1) is 21.6. The first-order chi connectivity index (χ1) is 13.8. The highest BCUT2D eigenvalue weighted by Crippen LogP contribution is 2.19. The molecule has 2 rings (SSSR count). The van der Waals surface area contributed by atoms with Gasteiger partial charge in [-0.05, 0) is 48.6 Å². The van der Waals surface area contributed by atoms with E-state index in [1.54, 1.807) is 42.5 Å². The molecule has 0 fully saturated rings. The number of carbonyl (C=O) groups is 4. The summed E-state index contributed by atoms with van der Waals surface area (Å²) < 4.78 is 0. The van der Waals surface area contributed by atoms with Crippen molar-refractivity contribution >= 4 is 23.8 Å². The van der Waals surface area contributed by atoms with Crippen molar-refractivity contribution in [1.82, 2.24) is 5.48 Å². The minimum Gasteiger partial charge on any atom is -0.481 e. The van der Waals surface area contributed by atoms with Gasteiger partial charge in [0, 0.05) is 12.8 Å². The maximum Gasteiger partial charge on any atom is 0.362 e. The number of carbonyl (C=O) groups excluding carboxylic acids is 2. The number of rotatable bonds is 9. The normalized spacial score (nSPS) is 11.3. The van der Waals surface area contributed by atoms with E-state index in [1.165, 1.54) is 12.1 Å². The Bertz CT molecular complexity index is 880. The number of hydrogen-bond acceptors (Lipinski definition) is 5. The SMILES string of the molecule is O=C(O)CC(CCC(=O)NOC(=O)c1ccccc1)Cc1cccc(C(=O)O)c1. The van der Waals surface area contributed by atoms with Crippen LogP contribution in [0.15, 0.2) is 54.6 Å². The van der Waals surface area contributed by atoms with Crippen LogP contribution in [0.5, 0.6) is 0 Å². The van der Waals surface area contributed by atoms with Crippen LogP contribution in [0.4, 0.5) is 0 Å². The second-order valence-electron chi connectivity index (χ2n) is 6.49. The maximum absolute atomic E-state index is 12.0. The van der Waals surface area contributed by atoms with E-state index in [0.29, 0.717) is 12.0 Å². The van der Waals surface area contributed by atoms with Crippen LogP contribution >= 0.6 is 0 Å². The summed E-state index contributed by atoms with van der Waals surface area (Å²) in [5.74, 6) is -3.72. The van der Waals surface area contributed by atoms with Crippen LogP contribution in [0.2, 0.25) is 0 Å². The lowest BCUT2D eigenvalue weighted by atomic mass is 9.91. The second-order valence-corrected chi connectivity index (χ2v) is 6.49. The first-order valence-electron chi connectivity index (χ1n) is 8.94. The van der Waals surface area contributed by atoms with Gasteiger partial charge in [0.25, 0.3) is 5.91 Å². The Labute approximate surface area is 167 Å². The van der Waals surface area contributed by atoms with Crippen molar-refractivity contribution in [2.24, 2.45) is 5.92 Å². The van der Waals surface area contributed by atoms with Crippen molar-refractivity contribution in [2.45, 2.75) is 25.7 Å². The first-order valence-corrected chi connectivity index (χ1v) is 8.94. The monoisotopic (exact) mass is 399 g/mol. The molecule has 0 bridgehead atoms. The van der Waals surface area contributed by atoms with Crippen LogP contribution in [0, 0.1) is 5.92 Å². The third-order valence-corrected chi connectivity index (χ3v) is 4.21. The van der Waals surface area contributed by atoms with E-state index in [2.05, 4.69) is 5.48 Å². The summed E-state index contributed by atoms with van der Waals surface area (Å²) in [5, 5.41) is 18.2. The largest absolute Gasteiger partial charge is 0.481 e. The summed E-state index contributed by atoms with van der Waals surface area (Å²) in [5.41, 5.74) is 3.14. The Morgan fingerprint density at radius 2 is 1.62 bits per heavy atom. The molecule has 0 aliphatic rings.